The number of amides is 1. The van der Waals surface area contributed by atoms with Gasteiger partial charge in [-0.2, -0.15) is 0 Å². The fraction of sp³-hybridized carbons (Fsp3) is 0.188. The minimum Gasteiger partial charge on any atom is -0.312 e. The minimum absolute atomic E-state index is 0.0155. The van der Waals surface area contributed by atoms with E-state index >= 15 is 0 Å². The van der Waals surface area contributed by atoms with Crippen molar-refractivity contribution in [3.8, 4) is 0 Å². The van der Waals surface area contributed by atoms with E-state index in [4.69, 9.17) is 11.6 Å². The Hall–Kier alpha value is -2.05. The number of benzene rings is 2. The van der Waals surface area contributed by atoms with Crippen molar-refractivity contribution in [1.29, 1.82) is 0 Å². The standard InChI is InChI=1S/C16H15ClN2O3S/c1-11(20)19-9-8-12-10-14(4-7-16(12)19)18-23(21,22)15-5-2-13(17)3-6-15/h2-7,10,18H,8-9H2,1H3. The molecule has 0 unspecified atom stereocenters. The van der Waals surface area contributed by atoms with Crippen LogP contribution < -0.4 is 9.62 Å². The number of carbonyl (C=O) groups is 1. The van der Waals surface area contributed by atoms with Gasteiger partial charge in [0.15, 0.2) is 0 Å². The Kier molecular flexibility index (Phi) is 4.04. The van der Waals surface area contributed by atoms with Gasteiger partial charge in [-0.25, -0.2) is 8.42 Å². The number of sulfonamides is 1. The molecule has 23 heavy (non-hydrogen) atoms. The molecule has 1 amide bonds. The van der Waals surface area contributed by atoms with Crippen molar-refractivity contribution in [1.82, 2.24) is 0 Å². The molecule has 0 spiro atoms. The molecule has 0 bridgehead atoms. The highest BCUT2D eigenvalue weighted by Crippen LogP contribution is 2.31. The van der Waals surface area contributed by atoms with E-state index < -0.39 is 10.0 Å². The van der Waals surface area contributed by atoms with Crippen molar-refractivity contribution in [2.75, 3.05) is 16.2 Å². The molecule has 1 heterocycles. The second kappa shape index (κ2) is 5.86. The first-order valence-electron chi connectivity index (χ1n) is 7.06. The van der Waals surface area contributed by atoms with E-state index in [-0.39, 0.29) is 10.8 Å². The number of hydrogen-bond donors (Lipinski definition) is 1. The lowest BCUT2D eigenvalue weighted by molar-refractivity contribution is -0.116. The lowest BCUT2D eigenvalue weighted by Crippen LogP contribution is -2.25. The van der Waals surface area contributed by atoms with E-state index in [2.05, 4.69) is 4.72 Å². The predicted octanol–water partition coefficient (Wildman–Crippen LogP) is 3.05. The van der Waals surface area contributed by atoms with Crippen LogP contribution in [-0.2, 0) is 21.2 Å². The Morgan fingerprint density at radius 1 is 1.17 bits per heavy atom. The molecule has 0 fully saturated rings. The van der Waals surface area contributed by atoms with Crippen molar-refractivity contribution in [2.45, 2.75) is 18.2 Å². The van der Waals surface area contributed by atoms with E-state index in [1.165, 1.54) is 31.2 Å². The predicted molar refractivity (Wildman–Crippen MR) is 90.4 cm³/mol. The first-order valence-corrected chi connectivity index (χ1v) is 8.92. The molecular weight excluding hydrogens is 336 g/mol. The van der Waals surface area contributed by atoms with Gasteiger partial charge in [-0.15, -0.1) is 0 Å². The Balaban J connectivity index is 1.87. The molecule has 3 rings (SSSR count). The topological polar surface area (TPSA) is 66.5 Å². The van der Waals surface area contributed by atoms with Crippen LogP contribution in [0, 0.1) is 0 Å². The van der Waals surface area contributed by atoms with E-state index in [1.807, 2.05) is 0 Å². The van der Waals surface area contributed by atoms with Gasteiger partial charge in [0.05, 0.1) is 4.90 Å². The summed E-state index contributed by atoms with van der Waals surface area (Å²) < 4.78 is 27.3. The summed E-state index contributed by atoms with van der Waals surface area (Å²) in [6.07, 6.45) is 0.714. The van der Waals surface area contributed by atoms with Crippen molar-refractivity contribution >= 4 is 38.9 Å². The molecule has 0 radical (unpaired) electrons. The van der Waals surface area contributed by atoms with E-state index in [0.29, 0.717) is 23.7 Å². The van der Waals surface area contributed by atoms with Crippen LogP contribution in [0.5, 0.6) is 0 Å². The zero-order valence-corrected chi connectivity index (χ0v) is 14.0. The summed E-state index contributed by atoms with van der Waals surface area (Å²) in [7, 11) is -3.67. The molecule has 120 valence electrons. The second-order valence-electron chi connectivity index (χ2n) is 5.32. The quantitative estimate of drug-likeness (QED) is 0.925. The Bertz CT molecular complexity index is 863. The van der Waals surface area contributed by atoms with Crippen LogP contribution >= 0.6 is 11.6 Å². The number of fused-ring (bicyclic) bond motifs is 1. The number of nitrogens with one attached hydrogen (secondary N) is 1. The normalized spacial score (nSPS) is 13.7. The summed E-state index contributed by atoms with van der Waals surface area (Å²) in [5.41, 5.74) is 2.27. The maximum atomic E-state index is 12.4. The number of rotatable bonds is 3. The lowest BCUT2D eigenvalue weighted by Gasteiger charge is -2.15. The number of anilines is 2. The third kappa shape index (κ3) is 3.18. The zero-order chi connectivity index (χ0) is 16.6. The van der Waals surface area contributed by atoms with E-state index in [9.17, 15) is 13.2 Å². The first kappa shape index (κ1) is 15.8. The first-order chi connectivity index (χ1) is 10.9. The van der Waals surface area contributed by atoms with Gasteiger partial charge in [-0.3, -0.25) is 9.52 Å². The van der Waals surface area contributed by atoms with Gasteiger partial charge in [0.25, 0.3) is 10.0 Å². The smallest absolute Gasteiger partial charge is 0.261 e. The van der Waals surface area contributed by atoms with Crippen LogP contribution in [0.4, 0.5) is 11.4 Å². The van der Waals surface area contributed by atoms with Gasteiger partial charge in [-0.1, -0.05) is 11.6 Å². The van der Waals surface area contributed by atoms with Crippen LogP contribution in [0.15, 0.2) is 47.4 Å². The Morgan fingerprint density at radius 2 is 1.87 bits per heavy atom. The minimum atomic E-state index is -3.67. The van der Waals surface area contributed by atoms with Gasteiger partial charge in [0, 0.05) is 29.9 Å². The van der Waals surface area contributed by atoms with Crippen molar-refractivity contribution in [2.24, 2.45) is 0 Å². The average molecular weight is 351 g/mol. The SMILES string of the molecule is CC(=O)N1CCc2cc(NS(=O)(=O)c3ccc(Cl)cc3)ccc21. The summed E-state index contributed by atoms with van der Waals surface area (Å²) in [5, 5.41) is 0.478. The highest BCUT2D eigenvalue weighted by Gasteiger charge is 2.23. The lowest BCUT2D eigenvalue weighted by atomic mass is 10.1. The molecule has 0 saturated carbocycles. The number of nitrogens with zero attached hydrogens (tertiary/aromatic N) is 1. The van der Waals surface area contributed by atoms with Crippen LogP contribution in [0.3, 0.4) is 0 Å². The Labute approximate surface area is 139 Å². The third-order valence-electron chi connectivity index (χ3n) is 3.73. The summed E-state index contributed by atoms with van der Waals surface area (Å²) in [5.74, 6) is -0.0155. The number of halogens is 1. The molecule has 1 N–H and O–H groups in total. The third-order valence-corrected chi connectivity index (χ3v) is 5.38. The molecule has 2 aromatic rings. The van der Waals surface area contributed by atoms with Gasteiger partial charge in [0.2, 0.25) is 5.91 Å². The van der Waals surface area contributed by atoms with Crippen LogP contribution in [0.2, 0.25) is 5.02 Å². The van der Waals surface area contributed by atoms with Gasteiger partial charge in [-0.05, 0) is 54.4 Å². The molecule has 2 aromatic carbocycles. The number of carbonyl (C=O) groups excluding carboxylic acids is 1. The summed E-state index contributed by atoms with van der Waals surface area (Å²) >= 11 is 5.78. The van der Waals surface area contributed by atoms with Gasteiger partial charge in [0.1, 0.15) is 0 Å². The molecule has 1 aliphatic rings. The van der Waals surface area contributed by atoms with Gasteiger partial charge < -0.3 is 4.90 Å². The van der Waals surface area contributed by atoms with Gasteiger partial charge >= 0.3 is 0 Å². The molecule has 0 aliphatic carbocycles. The van der Waals surface area contributed by atoms with Crippen LogP contribution in [0.1, 0.15) is 12.5 Å². The number of hydrogen-bond acceptors (Lipinski definition) is 3. The van der Waals surface area contributed by atoms with E-state index in [0.717, 1.165) is 11.3 Å². The van der Waals surface area contributed by atoms with E-state index in [1.54, 1.807) is 23.1 Å². The monoisotopic (exact) mass is 350 g/mol. The maximum absolute atomic E-state index is 12.4. The molecule has 0 aromatic heterocycles. The van der Waals surface area contributed by atoms with Crippen molar-refractivity contribution in [3.63, 3.8) is 0 Å². The zero-order valence-electron chi connectivity index (χ0n) is 12.4. The summed E-state index contributed by atoms with van der Waals surface area (Å²) in [6, 6.07) is 11.2. The molecule has 0 saturated heterocycles. The highest BCUT2D eigenvalue weighted by molar-refractivity contribution is 7.92. The fourth-order valence-electron chi connectivity index (χ4n) is 2.62. The molecular formula is C16H15ClN2O3S. The average Bonchev–Trinajstić information content (AvgIpc) is 2.90. The van der Waals surface area contributed by atoms with Crippen LogP contribution in [-0.4, -0.2) is 20.9 Å². The summed E-state index contributed by atoms with van der Waals surface area (Å²) in [4.78, 5) is 13.4. The molecule has 5 nitrogen and oxygen atoms in total. The Morgan fingerprint density at radius 3 is 2.52 bits per heavy atom. The second-order valence-corrected chi connectivity index (χ2v) is 7.44. The fourth-order valence-corrected chi connectivity index (χ4v) is 3.80. The summed E-state index contributed by atoms with van der Waals surface area (Å²) in [6.45, 7) is 2.14. The highest BCUT2D eigenvalue weighted by atomic mass is 35.5. The van der Waals surface area contributed by atoms with Crippen molar-refractivity contribution in [3.05, 3.63) is 53.1 Å². The molecule has 7 heteroatoms. The van der Waals surface area contributed by atoms with Crippen LogP contribution in [0.25, 0.3) is 0 Å². The maximum Gasteiger partial charge on any atom is 0.261 e. The van der Waals surface area contributed by atoms with Crippen molar-refractivity contribution < 1.29 is 13.2 Å². The largest absolute Gasteiger partial charge is 0.312 e. The molecule has 1 aliphatic heterocycles. The molecule has 0 atom stereocenters.